The molecule has 2 heterocycles. The summed E-state index contributed by atoms with van der Waals surface area (Å²) >= 11 is 5.86. The van der Waals surface area contributed by atoms with Crippen LogP contribution in [0.1, 0.15) is 22.4 Å². The molecule has 0 amide bonds. The number of hydrogen-bond acceptors (Lipinski definition) is 4. The van der Waals surface area contributed by atoms with E-state index in [1.807, 2.05) is 19.1 Å². The lowest BCUT2D eigenvalue weighted by molar-refractivity contribution is -0.119. The molecule has 0 saturated carbocycles. The highest BCUT2D eigenvalue weighted by molar-refractivity contribution is 6.30. The Morgan fingerprint density at radius 1 is 1.15 bits per heavy atom. The van der Waals surface area contributed by atoms with Gasteiger partial charge in [-0.2, -0.15) is 5.10 Å². The standard InChI is InChI=1S/C20H18ClN3O2/c1-14-9-17(10-16-3-2-8-22-12-16)20(26)24(23-14)13-19(25)11-15-4-6-18(21)7-5-15/h2-9,12H,10-11,13H2,1H3. The van der Waals surface area contributed by atoms with E-state index < -0.39 is 0 Å². The minimum Gasteiger partial charge on any atom is -0.297 e. The molecule has 3 rings (SSSR count). The second-order valence-electron chi connectivity index (χ2n) is 6.15. The Morgan fingerprint density at radius 3 is 2.62 bits per heavy atom. The number of hydrogen-bond donors (Lipinski definition) is 0. The highest BCUT2D eigenvalue weighted by Crippen LogP contribution is 2.10. The average molecular weight is 368 g/mol. The second-order valence-corrected chi connectivity index (χ2v) is 6.59. The van der Waals surface area contributed by atoms with E-state index in [2.05, 4.69) is 10.1 Å². The number of Topliss-reactive ketones (excluding diaryl/α,β-unsaturated/α-hetero) is 1. The van der Waals surface area contributed by atoms with E-state index in [9.17, 15) is 9.59 Å². The van der Waals surface area contributed by atoms with Gasteiger partial charge in [0.2, 0.25) is 0 Å². The monoisotopic (exact) mass is 367 g/mol. The first-order chi connectivity index (χ1) is 12.5. The fourth-order valence-corrected chi connectivity index (χ4v) is 2.88. The molecule has 6 heteroatoms. The zero-order chi connectivity index (χ0) is 18.5. The SMILES string of the molecule is Cc1cc(Cc2cccnc2)c(=O)n(CC(=O)Cc2ccc(Cl)cc2)n1. The summed E-state index contributed by atoms with van der Waals surface area (Å²) in [5.74, 6) is -0.0835. The van der Waals surface area contributed by atoms with Crippen LogP contribution in [-0.2, 0) is 24.2 Å². The van der Waals surface area contributed by atoms with Crippen LogP contribution in [0.25, 0.3) is 0 Å². The molecule has 0 N–H and O–H groups in total. The van der Waals surface area contributed by atoms with Crippen molar-refractivity contribution in [3.05, 3.63) is 92.6 Å². The van der Waals surface area contributed by atoms with E-state index in [1.165, 1.54) is 4.68 Å². The number of rotatable bonds is 6. The van der Waals surface area contributed by atoms with Crippen LogP contribution >= 0.6 is 11.6 Å². The molecule has 1 aromatic carbocycles. The van der Waals surface area contributed by atoms with Gasteiger partial charge >= 0.3 is 0 Å². The van der Waals surface area contributed by atoms with Gasteiger partial charge in [0.05, 0.1) is 5.69 Å². The number of halogens is 1. The molecule has 0 atom stereocenters. The van der Waals surface area contributed by atoms with Gasteiger partial charge in [0.15, 0.2) is 5.78 Å². The summed E-state index contributed by atoms with van der Waals surface area (Å²) in [4.78, 5) is 29.1. The molecule has 0 fully saturated rings. The van der Waals surface area contributed by atoms with E-state index >= 15 is 0 Å². The molecule has 0 bridgehead atoms. The van der Waals surface area contributed by atoms with Crippen molar-refractivity contribution in [3.8, 4) is 0 Å². The minimum atomic E-state index is -0.246. The van der Waals surface area contributed by atoms with E-state index in [0.29, 0.717) is 22.7 Å². The van der Waals surface area contributed by atoms with Crippen LogP contribution in [-0.4, -0.2) is 20.5 Å². The molecular weight excluding hydrogens is 350 g/mol. The molecule has 0 aliphatic rings. The Bertz CT molecular complexity index is 967. The van der Waals surface area contributed by atoms with Gasteiger partial charge in [0.25, 0.3) is 5.56 Å². The zero-order valence-electron chi connectivity index (χ0n) is 14.4. The number of nitrogens with zero attached hydrogens (tertiary/aromatic N) is 3. The van der Waals surface area contributed by atoms with E-state index in [-0.39, 0.29) is 24.3 Å². The number of benzene rings is 1. The molecule has 0 spiro atoms. The Balaban J connectivity index is 1.78. The van der Waals surface area contributed by atoms with E-state index in [1.54, 1.807) is 42.7 Å². The lowest BCUT2D eigenvalue weighted by Gasteiger charge is -2.09. The van der Waals surface area contributed by atoms with Crippen molar-refractivity contribution in [2.24, 2.45) is 0 Å². The summed E-state index contributed by atoms with van der Waals surface area (Å²) in [6.07, 6.45) is 4.11. The van der Waals surface area contributed by atoms with Crippen LogP contribution in [0.4, 0.5) is 0 Å². The molecule has 3 aromatic rings. The van der Waals surface area contributed by atoms with Gasteiger partial charge in [-0.15, -0.1) is 0 Å². The maximum atomic E-state index is 12.7. The number of ketones is 1. The highest BCUT2D eigenvalue weighted by atomic mass is 35.5. The van der Waals surface area contributed by atoms with Crippen LogP contribution < -0.4 is 5.56 Å². The number of pyridine rings is 1. The van der Waals surface area contributed by atoms with Crippen molar-refractivity contribution in [1.29, 1.82) is 0 Å². The summed E-state index contributed by atoms with van der Waals surface area (Å²) in [6.45, 7) is 1.76. The quantitative estimate of drug-likeness (QED) is 0.671. The lowest BCUT2D eigenvalue weighted by Crippen LogP contribution is -2.30. The third-order valence-corrected chi connectivity index (χ3v) is 4.18. The smallest absolute Gasteiger partial charge is 0.270 e. The first-order valence-electron chi connectivity index (χ1n) is 8.24. The highest BCUT2D eigenvalue weighted by Gasteiger charge is 2.12. The average Bonchev–Trinajstić information content (AvgIpc) is 2.62. The van der Waals surface area contributed by atoms with Crippen molar-refractivity contribution < 1.29 is 4.79 Å². The lowest BCUT2D eigenvalue weighted by atomic mass is 10.1. The molecule has 132 valence electrons. The Labute approximate surface area is 156 Å². The summed E-state index contributed by atoms with van der Waals surface area (Å²) in [7, 11) is 0. The van der Waals surface area contributed by atoms with Crippen LogP contribution in [0.5, 0.6) is 0 Å². The molecule has 5 nitrogen and oxygen atoms in total. The predicted molar refractivity (Wildman–Crippen MR) is 100 cm³/mol. The van der Waals surface area contributed by atoms with Crippen LogP contribution in [0.15, 0.2) is 59.7 Å². The Kier molecular flexibility index (Phi) is 5.58. The largest absolute Gasteiger partial charge is 0.297 e. The van der Waals surface area contributed by atoms with Gasteiger partial charge in [-0.05, 0) is 42.3 Å². The predicted octanol–water partition coefficient (Wildman–Crippen LogP) is 3.00. The molecule has 0 aliphatic carbocycles. The molecule has 2 aromatic heterocycles. The Morgan fingerprint density at radius 2 is 1.92 bits per heavy atom. The van der Waals surface area contributed by atoms with Gasteiger partial charge in [-0.25, -0.2) is 4.68 Å². The Hall–Kier alpha value is -2.79. The molecular formula is C20H18ClN3O2. The summed E-state index contributed by atoms with van der Waals surface area (Å²) in [5, 5.41) is 4.84. The number of aromatic nitrogens is 3. The van der Waals surface area contributed by atoms with Gasteiger partial charge in [0.1, 0.15) is 6.54 Å². The molecule has 0 radical (unpaired) electrons. The van der Waals surface area contributed by atoms with Gasteiger partial charge in [0, 0.05) is 35.8 Å². The fourth-order valence-electron chi connectivity index (χ4n) is 2.75. The molecule has 0 unspecified atom stereocenters. The van der Waals surface area contributed by atoms with Crippen molar-refractivity contribution in [3.63, 3.8) is 0 Å². The summed E-state index contributed by atoms with van der Waals surface area (Å²) < 4.78 is 1.25. The van der Waals surface area contributed by atoms with E-state index in [4.69, 9.17) is 11.6 Å². The van der Waals surface area contributed by atoms with Crippen molar-refractivity contribution >= 4 is 17.4 Å². The molecule has 0 saturated heterocycles. The zero-order valence-corrected chi connectivity index (χ0v) is 15.1. The minimum absolute atomic E-state index is 0.0524. The van der Waals surface area contributed by atoms with Crippen molar-refractivity contribution in [1.82, 2.24) is 14.8 Å². The van der Waals surface area contributed by atoms with Crippen LogP contribution in [0.3, 0.4) is 0 Å². The summed E-state index contributed by atoms with van der Waals surface area (Å²) in [5.41, 5.74) is 2.85. The van der Waals surface area contributed by atoms with Gasteiger partial charge in [-0.3, -0.25) is 14.6 Å². The van der Waals surface area contributed by atoms with Gasteiger partial charge < -0.3 is 0 Å². The number of aryl methyl sites for hydroxylation is 1. The topological polar surface area (TPSA) is 64.8 Å². The van der Waals surface area contributed by atoms with Crippen molar-refractivity contribution in [2.45, 2.75) is 26.3 Å². The second kappa shape index (κ2) is 8.06. The van der Waals surface area contributed by atoms with Crippen molar-refractivity contribution in [2.75, 3.05) is 0 Å². The van der Waals surface area contributed by atoms with Gasteiger partial charge in [-0.1, -0.05) is 29.8 Å². The molecule has 26 heavy (non-hydrogen) atoms. The number of carbonyl (C=O) groups is 1. The first kappa shape index (κ1) is 18.0. The van der Waals surface area contributed by atoms with E-state index in [0.717, 1.165) is 11.1 Å². The number of carbonyl (C=O) groups excluding carboxylic acids is 1. The third kappa shape index (κ3) is 4.64. The summed E-state index contributed by atoms with van der Waals surface area (Å²) in [6, 6.07) is 12.6. The van der Waals surface area contributed by atoms with Crippen LogP contribution in [0, 0.1) is 6.92 Å². The van der Waals surface area contributed by atoms with Crippen LogP contribution in [0.2, 0.25) is 5.02 Å². The normalized spacial score (nSPS) is 10.7. The fraction of sp³-hybridized carbons (Fsp3) is 0.200. The third-order valence-electron chi connectivity index (χ3n) is 3.93. The maximum absolute atomic E-state index is 12.7. The maximum Gasteiger partial charge on any atom is 0.270 e. The molecule has 0 aliphatic heterocycles. The first-order valence-corrected chi connectivity index (χ1v) is 8.62.